The third-order valence-electron chi connectivity index (χ3n) is 5.64. The topological polar surface area (TPSA) is 88.1 Å². The second kappa shape index (κ2) is 15.5. The van der Waals surface area contributed by atoms with Gasteiger partial charge in [0.1, 0.15) is 19.1 Å². The Kier molecular flexibility index (Phi) is 12.4. The molecule has 0 fully saturated rings. The number of nitrogens with two attached hydrogens (primary N) is 1. The van der Waals surface area contributed by atoms with Gasteiger partial charge in [-0.2, -0.15) is 0 Å². The Hall–Kier alpha value is -3.45. The number of esters is 1. The minimum absolute atomic E-state index is 0.0908. The number of ether oxygens (including phenoxy) is 1. The lowest BCUT2D eigenvalue weighted by atomic mass is 10.0. The molecule has 3 N–H and O–H groups in total. The van der Waals surface area contributed by atoms with E-state index in [0.717, 1.165) is 53.2 Å². The summed E-state index contributed by atoms with van der Waals surface area (Å²) in [7, 11) is 0. The fourth-order valence-electron chi connectivity index (χ4n) is 3.91. The van der Waals surface area contributed by atoms with E-state index in [0.29, 0.717) is 25.1 Å². The lowest BCUT2D eigenvalue weighted by Gasteiger charge is -2.27. The van der Waals surface area contributed by atoms with E-state index in [1.54, 1.807) is 6.08 Å². The molecule has 2 rings (SSSR count). The van der Waals surface area contributed by atoms with Gasteiger partial charge in [0.15, 0.2) is 0 Å². The Labute approximate surface area is 214 Å². The molecule has 0 atom stereocenters. The zero-order valence-electron chi connectivity index (χ0n) is 21.2. The molecule has 0 spiro atoms. The molecule has 1 aromatic carbocycles. The van der Waals surface area contributed by atoms with E-state index in [1.165, 1.54) is 0 Å². The van der Waals surface area contributed by atoms with Crippen molar-refractivity contribution >= 4 is 17.4 Å². The molecule has 0 aliphatic carbocycles. The number of nitrogens with zero attached hydrogens (tertiary/aromatic N) is 2. The second-order valence-electron chi connectivity index (χ2n) is 8.50. The molecular formula is C29H38FN3O3. The highest BCUT2D eigenvalue weighted by atomic mass is 19.1. The fourth-order valence-corrected chi connectivity index (χ4v) is 3.91. The maximum atomic E-state index is 12.2. The van der Waals surface area contributed by atoms with Crippen molar-refractivity contribution in [3.8, 4) is 0 Å². The highest BCUT2D eigenvalue weighted by Gasteiger charge is 2.16. The van der Waals surface area contributed by atoms with Crippen molar-refractivity contribution < 1.29 is 19.0 Å². The molecule has 0 saturated carbocycles. The Morgan fingerprint density at radius 1 is 1.31 bits per heavy atom. The van der Waals surface area contributed by atoms with E-state index < -0.39 is 12.6 Å². The third-order valence-corrected chi connectivity index (χ3v) is 5.64. The predicted molar refractivity (Wildman–Crippen MR) is 145 cm³/mol. The van der Waals surface area contributed by atoms with Gasteiger partial charge in [-0.05, 0) is 41.2 Å². The van der Waals surface area contributed by atoms with E-state index in [-0.39, 0.29) is 19.6 Å². The van der Waals surface area contributed by atoms with Crippen LogP contribution in [-0.2, 0) is 16.0 Å². The molecule has 1 aromatic rings. The first-order valence-corrected chi connectivity index (χ1v) is 12.3. The van der Waals surface area contributed by atoms with Crippen LogP contribution in [0.25, 0.3) is 5.57 Å². The zero-order valence-corrected chi connectivity index (χ0v) is 21.2. The van der Waals surface area contributed by atoms with Gasteiger partial charge in [-0.1, -0.05) is 62.6 Å². The Morgan fingerprint density at radius 3 is 2.69 bits per heavy atom. The lowest BCUT2D eigenvalue weighted by Crippen LogP contribution is -2.27. The molecular weight excluding hydrogens is 457 g/mol. The van der Waals surface area contributed by atoms with Crippen molar-refractivity contribution in [2.75, 3.05) is 33.0 Å². The third kappa shape index (κ3) is 9.30. The van der Waals surface area contributed by atoms with Crippen LogP contribution in [0.2, 0.25) is 0 Å². The number of alkyl halides is 1. The van der Waals surface area contributed by atoms with Gasteiger partial charge < -0.3 is 20.5 Å². The second-order valence-corrected chi connectivity index (χ2v) is 8.50. The Balaban J connectivity index is 2.21. The van der Waals surface area contributed by atoms with E-state index in [2.05, 4.69) is 36.0 Å². The van der Waals surface area contributed by atoms with Crippen LogP contribution in [0.4, 0.5) is 4.39 Å². The Morgan fingerprint density at radius 2 is 2.06 bits per heavy atom. The summed E-state index contributed by atoms with van der Waals surface area (Å²) in [6, 6.07) is 7.54. The number of amidine groups is 1. The standard InChI is InChI=1S/C29H38FN3O3/c1-4-7-26(24-10-8-23(9-11-24)19-29(35)36-18-14-30)20-27-13-12-25(21-28(31)32-27)22(3)33(15-5-2)16-6-17-34/h4,7-12,20,34H,1,3,5-6,13-19,21H2,2H3,(H2,31,32)/b26-7+,27-20+. The lowest BCUT2D eigenvalue weighted by molar-refractivity contribution is -0.143. The number of carbonyl (C=O) groups is 1. The number of hydrogen-bond acceptors (Lipinski definition) is 6. The normalized spacial score (nSPS) is 15.1. The maximum Gasteiger partial charge on any atom is 0.310 e. The number of rotatable bonds is 14. The molecule has 7 heteroatoms. The van der Waals surface area contributed by atoms with Gasteiger partial charge in [0.05, 0.1) is 6.42 Å². The molecule has 6 nitrogen and oxygen atoms in total. The molecule has 1 heterocycles. The summed E-state index contributed by atoms with van der Waals surface area (Å²) in [5.74, 6) is 0.0653. The number of aliphatic hydroxyl groups excluding tert-OH is 1. The molecule has 0 bridgehead atoms. The average molecular weight is 496 g/mol. The number of carbonyl (C=O) groups excluding carboxylic acids is 1. The summed E-state index contributed by atoms with van der Waals surface area (Å²) >= 11 is 0. The van der Waals surface area contributed by atoms with Crippen LogP contribution in [0.1, 0.15) is 43.7 Å². The number of hydrogen-bond donors (Lipinski definition) is 2. The minimum Gasteiger partial charge on any atom is -0.463 e. The summed E-state index contributed by atoms with van der Waals surface area (Å²) in [6.07, 6.45) is 10.6. The van der Waals surface area contributed by atoms with Crippen LogP contribution >= 0.6 is 0 Å². The predicted octanol–water partition coefficient (Wildman–Crippen LogP) is 4.88. The summed E-state index contributed by atoms with van der Waals surface area (Å²) in [5, 5.41) is 9.24. The monoisotopic (exact) mass is 495 g/mol. The quantitative estimate of drug-likeness (QED) is 0.284. The summed E-state index contributed by atoms with van der Waals surface area (Å²) in [6.45, 7) is 11.1. The van der Waals surface area contributed by atoms with Crippen molar-refractivity contribution in [2.24, 2.45) is 10.7 Å². The number of allylic oxidation sites excluding steroid dienone is 6. The highest BCUT2D eigenvalue weighted by Crippen LogP contribution is 2.26. The highest BCUT2D eigenvalue weighted by molar-refractivity contribution is 5.86. The number of benzene rings is 1. The van der Waals surface area contributed by atoms with Crippen LogP contribution in [0, 0.1) is 0 Å². The van der Waals surface area contributed by atoms with Crippen molar-refractivity contribution in [2.45, 2.75) is 39.0 Å². The first-order chi connectivity index (χ1) is 17.4. The van der Waals surface area contributed by atoms with Gasteiger partial charge >= 0.3 is 5.97 Å². The average Bonchev–Trinajstić information content (AvgIpc) is 3.06. The molecule has 1 aliphatic rings. The van der Waals surface area contributed by atoms with Crippen LogP contribution in [-0.4, -0.2) is 54.8 Å². The molecule has 36 heavy (non-hydrogen) atoms. The van der Waals surface area contributed by atoms with Gasteiger partial charge in [-0.25, -0.2) is 9.38 Å². The molecule has 0 aromatic heterocycles. The first kappa shape index (κ1) is 28.8. The smallest absolute Gasteiger partial charge is 0.310 e. The van der Waals surface area contributed by atoms with Crippen molar-refractivity contribution in [1.82, 2.24) is 4.90 Å². The maximum absolute atomic E-state index is 12.2. The van der Waals surface area contributed by atoms with Gasteiger partial charge in [-0.3, -0.25) is 4.79 Å². The number of halogens is 1. The number of aliphatic imine (C=N–C) groups is 1. The van der Waals surface area contributed by atoms with Crippen LogP contribution < -0.4 is 5.73 Å². The molecule has 0 unspecified atom stereocenters. The Bertz CT molecular complexity index is 1020. The van der Waals surface area contributed by atoms with Crippen molar-refractivity contribution in [3.63, 3.8) is 0 Å². The summed E-state index contributed by atoms with van der Waals surface area (Å²) in [5.41, 5.74) is 11.7. The fraction of sp³-hybridized carbons (Fsp3) is 0.379. The molecule has 194 valence electrons. The largest absolute Gasteiger partial charge is 0.463 e. The SMILES string of the molecule is C=C/C=C(\C=C1/CC=C(C(=C)N(CCC)CCCO)CC(N)=N1)c1ccc(CC(=O)OCCF)cc1. The summed E-state index contributed by atoms with van der Waals surface area (Å²) < 4.78 is 17.0. The molecule has 0 saturated heterocycles. The molecule has 1 aliphatic heterocycles. The van der Waals surface area contributed by atoms with Gasteiger partial charge in [0.2, 0.25) is 0 Å². The van der Waals surface area contributed by atoms with Crippen molar-refractivity contribution in [3.05, 3.63) is 89.8 Å². The van der Waals surface area contributed by atoms with E-state index in [4.69, 9.17) is 10.5 Å². The van der Waals surface area contributed by atoms with Gasteiger partial charge in [-0.15, -0.1) is 0 Å². The van der Waals surface area contributed by atoms with E-state index in [9.17, 15) is 14.3 Å². The van der Waals surface area contributed by atoms with Gasteiger partial charge in [0, 0.05) is 43.9 Å². The number of aliphatic hydroxyl groups is 1. The van der Waals surface area contributed by atoms with Gasteiger partial charge in [0.25, 0.3) is 0 Å². The van der Waals surface area contributed by atoms with Crippen LogP contribution in [0.5, 0.6) is 0 Å². The first-order valence-electron chi connectivity index (χ1n) is 12.3. The zero-order chi connectivity index (χ0) is 26.3. The summed E-state index contributed by atoms with van der Waals surface area (Å²) in [4.78, 5) is 18.6. The van der Waals surface area contributed by atoms with E-state index in [1.807, 2.05) is 36.4 Å². The minimum atomic E-state index is -0.687. The molecule has 0 amide bonds. The van der Waals surface area contributed by atoms with Crippen LogP contribution in [0.3, 0.4) is 0 Å². The molecule has 0 radical (unpaired) electrons. The van der Waals surface area contributed by atoms with E-state index >= 15 is 0 Å². The van der Waals surface area contributed by atoms with Crippen LogP contribution in [0.15, 0.2) is 83.7 Å². The van der Waals surface area contributed by atoms with Crippen molar-refractivity contribution in [1.29, 1.82) is 0 Å².